The second-order valence-electron chi connectivity index (χ2n) is 4.17. The molecule has 0 heterocycles. The molecule has 1 aromatic carbocycles. The van der Waals surface area contributed by atoms with Gasteiger partial charge in [-0.15, -0.1) is 0 Å². The summed E-state index contributed by atoms with van der Waals surface area (Å²) >= 11 is 0. The highest BCUT2D eigenvalue weighted by molar-refractivity contribution is 5.80. The van der Waals surface area contributed by atoms with Crippen LogP contribution in [0.3, 0.4) is 0 Å². The summed E-state index contributed by atoms with van der Waals surface area (Å²) < 4.78 is 5.51. The minimum absolute atomic E-state index is 0.0805. The number of amides is 1. The Balaban J connectivity index is 2.54. The fourth-order valence-corrected chi connectivity index (χ4v) is 1.35. The molecule has 2 N–H and O–H groups in total. The number of ether oxygens (including phenoxy) is 1. The Bertz CT molecular complexity index is 379. The van der Waals surface area contributed by atoms with Crippen LogP contribution in [0, 0.1) is 6.92 Å². The Kier molecular flexibility index (Phi) is 4.97. The Morgan fingerprint density at radius 1 is 1.47 bits per heavy atom. The zero-order chi connectivity index (χ0) is 12.8. The number of rotatable bonds is 5. The summed E-state index contributed by atoms with van der Waals surface area (Å²) in [6.07, 6.45) is -0.578. The first-order valence-corrected chi connectivity index (χ1v) is 5.67. The third-order valence-electron chi connectivity index (χ3n) is 2.33. The van der Waals surface area contributed by atoms with Crippen molar-refractivity contribution in [3.8, 4) is 5.75 Å². The maximum absolute atomic E-state index is 11.7. The summed E-state index contributed by atoms with van der Waals surface area (Å²) in [6, 6.07) is 7.27. The van der Waals surface area contributed by atoms with Gasteiger partial charge in [-0.05, 0) is 38.5 Å². The van der Waals surface area contributed by atoms with Crippen molar-refractivity contribution in [2.75, 3.05) is 6.61 Å². The van der Waals surface area contributed by atoms with E-state index in [1.54, 1.807) is 13.8 Å². The molecule has 1 unspecified atom stereocenters. The summed E-state index contributed by atoms with van der Waals surface area (Å²) in [5.41, 5.74) is 1.08. The summed E-state index contributed by atoms with van der Waals surface area (Å²) in [5, 5.41) is 11.5. The molecule has 0 saturated carbocycles. The van der Waals surface area contributed by atoms with Gasteiger partial charge in [0.2, 0.25) is 0 Å². The normalized spacial score (nSPS) is 13.9. The number of carbonyl (C=O) groups is 1. The van der Waals surface area contributed by atoms with Crippen LogP contribution in [0.5, 0.6) is 5.75 Å². The molecular formula is C13H19NO3. The van der Waals surface area contributed by atoms with Crippen LogP contribution in [0.4, 0.5) is 0 Å². The van der Waals surface area contributed by atoms with Gasteiger partial charge in [0.1, 0.15) is 5.75 Å². The number of benzene rings is 1. The largest absolute Gasteiger partial charge is 0.481 e. The van der Waals surface area contributed by atoms with Gasteiger partial charge in [0.25, 0.3) is 5.91 Å². The number of nitrogens with one attached hydrogen (secondary N) is 1. The number of aliphatic hydroxyl groups excluding tert-OH is 1. The number of aryl methyl sites for hydroxylation is 1. The van der Waals surface area contributed by atoms with Gasteiger partial charge < -0.3 is 15.2 Å². The van der Waals surface area contributed by atoms with E-state index in [1.165, 1.54) is 0 Å². The number of aliphatic hydroxyl groups is 1. The lowest BCUT2D eigenvalue weighted by Gasteiger charge is -2.17. The first-order chi connectivity index (χ1) is 8.02. The molecule has 4 nitrogen and oxygen atoms in total. The molecule has 0 saturated heterocycles. The maximum atomic E-state index is 11.7. The van der Waals surface area contributed by atoms with E-state index in [0.29, 0.717) is 5.75 Å². The third kappa shape index (κ3) is 4.44. The summed E-state index contributed by atoms with van der Waals surface area (Å²) in [7, 11) is 0. The molecule has 0 spiro atoms. The molecule has 1 aromatic rings. The molecule has 1 amide bonds. The smallest absolute Gasteiger partial charge is 0.261 e. The van der Waals surface area contributed by atoms with Crippen molar-refractivity contribution in [2.45, 2.75) is 32.9 Å². The molecule has 0 aliphatic carbocycles. The van der Waals surface area contributed by atoms with Crippen LogP contribution >= 0.6 is 0 Å². The van der Waals surface area contributed by atoms with E-state index in [2.05, 4.69) is 5.32 Å². The predicted molar refractivity (Wildman–Crippen MR) is 66.0 cm³/mol. The van der Waals surface area contributed by atoms with Gasteiger partial charge in [-0.2, -0.15) is 0 Å². The van der Waals surface area contributed by atoms with Gasteiger partial charge in [0.15, 0.2) is 6.10 Å². The molecule has 2 atom stereocenters. The number of hydrogen-bond donors (Lipinski definition) is 2. The lowest BCUT2D eigenvalue weighted by Crippen LogP contribution is -2.42. The van der Waals surface area contributed by atoms with Gasteiger partial charge in [-0.1, -0.05) is 12.1 Å². The average Bonchev–Trinajstić information content (AvgIpc) is 2.28. The zero-order valence-corrected chi connectivity index (χ0v) is 10.4. The van der Waals surface area contributed by atoms with Crippen molar-refractivity contribution in [1.82, 2.24) is 5.32 Å². The van der Waals surface area contributed by atoms with Crippen molar-refractivity contribution < 1.29 is 14.6 Å². The van der Waals surface area contributed by atoms with Gasteiger partial charge in [-0.3, -0.25) is 4.79 Å². The maximum Gasteiger partial charge on any atom is 0.261 e. The van der Waals surface area contributed by atoms with Gasteiger partial charge in [-0.25, -0.2) is 0 Å². The van der Waals surface area contributed by atoms with Crippen molar-refractivity contribution in [2.24, 2.45) is 0 Å². The van der Waals surface area contributed by atoms with Crippen LogP contribution in [0.2, 0.25) is 0 Å². The van der Waals surface area contributed by atoms with E-state index in [-0.39, 0.29) is 18.6 Å². The minimum Gasteiger partial charge on any atom is -0.481 e. The van der Waals surface area contributed by atoms with Crippen molar-refractivity contribution in [3.63, 3.8) is 0 Å². The first kappa shape index (κ1) is 13.5. The molecule has 0 aliphatic heterocycles. The minimum atomic E-state index is -0.578. The summed E-state index contributed by atoms with van der Waals surface area (Å²) in [4.78, 5) is 11.7. The summed E-state index contributed by atoms with van der Waals surface area (Å²) in [6.45, 7) is 5.30. The number of hydrogen-bond acceptors (Lipinski definition) is 3. The average molecular weight is 237 g/mol. The van der Waals surface area contributed by atoms with Gasteiger partial charge >= 0.3 is 0 Å². The van der Waals surface area contributed by atoms with Crippen molar-refractivity contribution in [1.29, 1.82) is 0 Å². The Morgan fingerprint density at radius 3 is 2.76 bits per heavy atom. The van der Waals surface area contributed by atoms with E-state index in [4.69, 9.17) is 9.84 Å². The van der Waals surface area contributed by atoms with Crippen LogP contribution in [-0.4, -0.2) is 29.8 Å². The highest BCUT2D eigenvalue weighted by Gasteiger charge is 2.16. The molecule has 0 radical (unpaired) electrons. The molecular weight excluding hydrogens is 218 g/mol. The molecule has 94 valence electrons. The van der Waals surface area contributed by atoms with Crippen molar-refractivity contribution >= 4 is 5.91 Å². The van der Waals surface area contributed by atoms with E-state index in [0.717, 1.165) is 5.56 Å². The highest BCUT2D eigenvalue weighted by atomic mass is 16.5. The number of carbonyl (C=O) groups excluding carboxylic acids is 1. The van der Waals surface area contributed by atoms with Crippen molar-refractivity contribution in [3.05, 3.63) is 29.8 Å². The second-order valence-corrected chi connectivity index (χ2v) is 4.17. The fourth-order valence-electron chi connectivity index (χ4n) is 1.35. The Labute approximate surface area is 102 Å². The van der Waals surface area contributed by atoms with Crippen LogP contribution in [0.1, 0.15) is 19.4 Å². The standard InChI is InChI=1S/C13H19NO3/c1-9-5-4-6-12(7-9)17-11(3)13(16)14-10(2)8-15/h4-7,10-11,15H,8H2,1-3H3,(H,14,16)/t10-,11?/m0/s1. The molecule has 0 aromatic heterocycles. The van der Waals surface area contributed by atoms with Crippen LogP contribution in [0.25, 0.3) is 0 Å². The molecule has 1 rings (SSSR count). The van der Waals surface area contributed by atoms with E-state index in [9.17, 15) is 4.79 Å². The SMILES string of the molecule is Cc1cccc(OC(C)C(=O)N[C@@H](C)CO)c1. The lowest BCUT2D eigenvalue weighted by molar-refractivity contribution is -0.128. The second kappa shape index (κ2) is 6.25. The monoisotopic (exact) mass is 237 g/mol. The molecule has 0 fully saturated rings. The van der Waals surface area contributed by atoms with Gasteiger partial charge in [0, 0.05) is 6.04 Å². The van der Waals surface area contributed by atoms with Crippen LogP contribution < -0.4 is 10.1 Å². The van der Waals surface area contributed by atoms with Crippen LogP contribution in [0.15, 0.2) is 24.3 Å². The molecule has 4 heteroatoms. The van der Waals surface area contributed by atoms with E-state index < -0.39 is 6.10 Å². The first-order valence-electron chi connectivity index (χ1n) is 5.67. The summed E-state index contributed by atoms with van der Waals surface area (Å²) in [5.74, 6) is 0.442. The molecule has 0 bridgehead atoms. The molecule has 17 heavy (non-hydrogen) atoms. The lowest BCUT2D eigenvalue weighted by atomic mass is 10.2. The zero-order valence-electron chi connectivity index (χ0n) is 10.4. The topological polar surface area (TPSA) is 58.6 Å². The highest BCUT2D eigenvalue weighted by Crippen LogP contribution is 2.14. The van der Waals surface area contributed by atoms with E-state index in [1.807, 2.05) is 31.2 Å². The molecule has 0 aliphatic rings. The Hall–Kier alpha value is -1.55. The van der Waals surface area contributed by atoms with Gasteiger partial charge in [0.05, 0.1) is 6.61 Å². The third-order valence-corrected chi connectivity index (χ3v) is 2.33. The Morgan fingerprint density at radius 2 is 2.18 bits per heavy atom. The predicted octanol–water partition coefficient (Wildman–Crippen LogP) is 1.26. The fraction of sp³-hybridized carbons (Fsp3) is 0.462. The van der Waals surface area contributed by atoms with E-state index >= 15 is 0 Å². The van der Waals surface area contributed by atoms with Crippen LogP contribution in [-0.2, 0) is 4.79 Å². The quantitative estimate of drug-likeness (QED) is 0.810.